The van der Waals surface area contributed by atoms with Gasteiger partial charge in [-0.3, -0.25) is 9.59 Å². The van der Waals surface area contributed by atoms with Gasteiger partial charge in [0.25, 0.3) is 5.91 Å². The van der Waals surface area contributed by atoms with E-state index in [9.17, 15) is 9.59 Å². The summed E-state index contributed by atoms with van der Waals surface area (Å²) in [6, 6.07) is 5.37. The Labute approximate surface area is 101 Å². The average molecular weight is 319 g/mol. The van der Waals surface area contributed by atoms with Gasteiger partial charge < -0.3 is 10.4 Å². The van der Waals surface area contributed by atoms with Crippen molar-refractivity contribution in [3.8, 4) is 0 Å². The Morgan fingerprint density at radius 3 is 2.67 bits per heavy atom. The van der Waals surface area contributed by atoms with E-state index in [1.54, 1.807) is 6.07 Å². The molecular weight excluding hydrogens is 309 g/mol. The van der Waals surface area contributed by atoms with Crippen LogP contribution in [-0.4, -0.2) is 23.5 Å². The standard InChI is InChI=1S/C10H10INO3/c1-6-4-7(11)2-3-8(6)10(15)12-5-9(13)14/h2-4H,5H2,1H3,(H,12,15)(H,13,14). The highest BCUT2D eigenvalue weighted by atomic mass is 127. The van der Waals surface area contributed by atoms with Crippen LogP contribution in [-0.2, 0) is 4.79 Å². The van der Waals surface area contributed by atoms with Gasteiger partial charge in [-0.15, -0.1) is 0 Å². The van der Waals surface area contributed by atoms with Crippen LogP contribution < -0.4 is 5.32 Å². The van der Waals surface area contributed by atoms with Gasteiger partial charge in [0.15, 0.2) is 0 Å². The number of carbonyl (C=O) groups is 2. The molecule has 0 aliphatic carbocycles. The highest BCUT2D eigenvalue weighted by molar-refractivity contribution is 14.1. The van der Waals surface area contributed by atoms with Gasteiger partial charge >= 0.3 is 5.97 Å². The van der Waals surface area contributed by atoms with Crippen molar-refractivity contribution >= 4 is 34.5 Å². The summed E-state index contributed by atoms with van der Waals surface area (Å²) in [6.45, 7) is 1.46. The number of aryl methyl sites for hydroxylation is 1. The molecule has 0 aliphatic rings. The fraction of sp³-hybridized carbons (Fsp3) is 0.200. The van der Waals surface area contributed by atoms with E-state index in [0.717, 1.165) is 9.13 Å². The highest BCUT2D eigenvalue weighted by Gasteiger charge is 2.09. The summed E-state index contributed by atoms with van der Waals surface area (Å²) in [5, 5.41) is 10.7. The molecule has 0 saturated heterocycles. The van der Waals surface area contributed by atoms with Crippen LogP contribution in [0.4, 0.5) is 0 Å². The summed E-state index contributed by atoms with van der Waals surface area (Å²) in [4.78, 5) is 21.8. The van der Waals surface area contributed by atoms with E-state index in [-0.39, 0.29) is 12.5 Å². The molecule has 0 radical (unpaired) electrons. The van der Waals surface area contributed by atoms with Crippen molar-refractivity contribution in [2.24, 2.45) is 0 Å². The van der Waals surface area contributed by atoms with Gasteiger partial charge in [0.2, 0.25) is 0 Å². The number of hydrogen-bond acceptors (Lipinski definition) is 2. The van der Waals surface area contributed by atoms with Gasteiger partial charge in [0.05, 0.1) is 0 Å². The van der Waals surface area contributed by atoms with Gasteiger partial charge in [-0.05, 0) is 53.3 Å². The lowest BCUT2D eigenvalue weighted by Crippen LogP contribution is -2.29. The third kappa shape index (κ3) is 3.50. The molecule has 1 rings (SSSR count). The third-order valence-corrected chi connectivity index (χ3v) is 2.50. The largest absolute Gasteiger partial charge is 0.480 e. The number of nitrogens with one attached hydrogen (secondary N) is 1. The molecule has 0 heterocycles. The van der Waals surface area contributed by atoms with E-state index in [1.165, 1.54) is 0 Å². The Morgan fingerprint density at radius 2 is 2.13 bits per heavy atom. The zero-order valence-electron chi connectivity index (χ0n) is 8.08. The van der Waals surface area contributed by atoms with Gasteiger partial charge in [-0.25, -0.2) is 0 Å². The SMILES string of the molecule is Cc1cc(I)ccc1C(=O)NCC(=O)O. The monoisotopic (exact) mass is 319 g/mol. The number of hydrogen-bond donors (Lipinski definition) is 2. The van der Waals surface area contributed by atoms with Crippen molar-refractivity contribution in [3.05, 3.63) is 32.9 Å². The molecule has 0 bridgehead atoms. The maximum Gasteiger partial charge on any atom is 0.322 e. The molecule has 1 aromatic carbocycles. The summed E-state index contributed by atoms with van der Waals surface area (Å²) in [5.41, 5.74) is 1.35. The van der Waals surface area contributed by atoms with Crippen LogP contribution in [0.1, 0.15) is 15.9 Å². The third-order valence-electron chi connectivity index (χ3n) is 1.83. The lowest BCUT2D eigenvalue weighted by Gasteiger charge is -2.05. The second-order valence-corrected chi connectivity index (χ2v) is 4.28. The highest BCUT2D eigenvalue weighted by Crippen LogP contribution is 2.12. The number of rotatable bonds is 3. The molecule has 1 amide bonds. The molecule has 0 atom stereocenters. The van der Waals surface area contributed by atoms with Crippen LogP contribution in [0.2, 0.25) is 0 Å². The molecule has 0 saturated carbocycles. The normalized spacial score (nSPS) is 9.73. The van der Waals surface area contributed by atoms with Crippen LogP contribution in [0.15, 0.2) is 18.2 Å². The lowest BCUT2D eigenvalue weighted by molar-refractivity contribution is -0.135. The molecule has 4 nitrogen and oxygen atoms in total. The first-order chi connectivity index (χ1) is 7.00. The number of halogens is 1. The van der Waals surface area contributed by atoms with E-state index >= 15 is 0 Å². The molecule has 0 fully saturated rings. The topological polar surface area (TPSA) is 66.4 Å². The average Bonchev–Trinajstić information content (AvgIpc) is 2.14. The van der Waals surface area contributed by atoms with Crippen molar-refractivity contribution in [2.45, 2.75) is 6.92 Å². The van der Waals surface area contributed by atoms with Crippen molar-refractivity contribution in [3.63, 3.8) is 0 Å². The van der Waals surface area contributed by atoms with Crippen LogP contribution in [0.25, 0.3) is 0 Å². The Bertz CT molecular complexity index is 404. The fourth-order valence-electron chi connectivity index (χ4n) is 1.13. The fourth-order valence-corrected chi connectivity index (χ4v) is 1.78. The predicted molar refractivity (Wildman–Crippen MR) is 63.9 cm³/mol. The van der Waals surface area contributed by atoms with Crippen molar-refractivity contribution in [2.75, 3.05) is 6.54 Å². The number of aliphatic carboxylic acids is 1. The van der Waals surface area contributed by atoms with Crippen molar-refractivity contribution in [1.29, 1.82) is 0 Å². The second-order valence-electron chi connectivity index (χ2n) is 3.04. The molecule has 5 heteroatoms. The van der Waals surface area contributed by atoms with Crippen molar-refractivity contribution in [1.82, 2.24) is 5.32 Å². The van der Waals surface area contributed by atoms with Crippen LogP contribution >= 0.6 is 22.6 Å². The van der Waals surface area contributed by atoms with E-state index in [2.05, 4.69) is 27.9 Å². The van der Waals surface area contributed by atoms with Crippen LogP contribution in [0.5, 0.6) is 0 Å². The first kappa shape index (κ1) is 12.0. The lowest BCUT2D eigenvalue weighted by atomic mass is 10.1. The smallest absolute Gasteiger partial charge is 0.322 e. The Kier molecular flexibility index (Phi) is 4.07. The number of benzene rings is 1. The number of carboxylic acids is 1. The Morgan fingerprint density at radius 1 is 1.47 bits per heavy atom. The summed E-state index contributed by atoms with van der Waals surface area (Å²) in [6.07, 6.45) is 0. The minimum absolute atomic E-state index is 0.355. The van der Waals surface area contributed by atoms with E-state index in [0.29, 0.717) is 5.56 Å². The molecule has 0 aliphatic heterocycles. The summed E-state index contributed by atoms with van der Waals surface area (Å²) >= 11 is 2.15. The number of amides is 1. The minimum Gasteiger partial charge on any atom is -0.480 e. The molecule has 1 aromatic rings. The van der Waals surface area contributed by atoms with Crippen LogP contribution in [0.3, 0.4) is 0 Å². The maximum absolute atomic E-state index is 11.5. The molecule has 0 spiro atoms. The Hall–Kier alpha value is -1.11. The predicted octanol–water partition coefficient (Wildman–Crippen LogP) is 1.41. The van der Waals surface area contributed by atoms with Gasteiger partial charge in [0, 0.05) is 9.13 Å². The molecular formula is C10H10INO3. The first-order valence-electron chi connectivity index (χ1n) is 4.27. The number of carboxylic acid groups (broad SMARTS) is 1. The summed E-state index contributed by atoms with van der Waals surface area (Å²) in [7, 11) is 0. The van der Waals surface area contributed by atoms with E-state index in [4.69, 9.17) is 5.11 Å². The molecule has 0 unspecified atom stereocenters. The van der Waals surface area contributed by atoms with Crippen molar-refractivity contribution < 1.29 is 14.7 Å². The minimum atomic E-state index is -1.05. The zero-order valence-corrected chi connectivity index (χ0v) is 10.2. The molecule has 15 heavy (non-hydrogen) atoms. The molecule has 80 valence electrons. The Balaban J connectivity index is 2.78. The van der Waals surface area contributed by atoms with E-state index in [1.807, 2.05) is 19.1 Å². The maximum atomic E-state index is 11.5. The van der Waals surface area contributed by atoms with E-state index < -0.39 is 5.97 Å². The quantitative estimate of drug-likeness (QED) is 0.828. The molecule has 2 N–H and O–H groups in total. The van der Waals surface area contributed by atoms with Gasteiger partial charge in [-0.2, -0.15) is 0 Å². The van der Waals surface area contributed by atoms with Gasteiger partial charge in [-0.1, -0.05) is 0 Å². The number of carbonyl (C=O) groups excluding carboxylic acids is 1. The van der Waals surface area contributed by atoms with Gasteiger partial charge in [0.1, 0.15) is 6.54 Å². The summed E-state index contributed by atoms with van der Waals surface area (Å²) < 4.78 is 1.04. The molecule has 0 aromatic heterocycles. The second kappa shape index (κ2) is 5.11. The first-order valence-corrected chi connectivity index (χ1v) is 5.34. The van der Waals surface area contributed by atoms with Crippen LogP contribution in [0, 0.1) is 10.5 Å². The summed E-state index contributed by atoms with van der Waals surface area (Å²) in [5.74, 6) is -1.40. The zero-order chi connectivity index (χ0) is 11.4.